The average Bonchev–Trinajstić information content (AvgIpc) is 3.14. The number of primary amides is 2. The first-order valence-corrected chi connectivity index (χ1v) is 18.9. The number of nitrogens with two attached hydrogens (primary N) is 3. The number of aliphatic carboxylic acids is 1. The van der Waals surface area contributed by atoms with Gasteiger partial charge in [0.05, 0.1) is 12.5 Å². The quantitative estimate of drug-likeness (QED) is 0.0628. The topological polar surface area (TPSA) is 335 Å². The van der Waals surface area contributed by atoms with Gasteiger partial charge in [0.2, 0.25) is 41.4 Å². The number of nitrogens with one attached hydrogen (secondary N) is 5. The number of carboxylic acid groups (broad SMARTS) is 1. The summed E-state index contributed by atoms with van der Waals surface area (Å²) >= 11 is 0. The lowest BCUT2D eigenvalue weighted by Gasteiger charge is -2.27. The number of phenolic OH excluding ortho intramolecular Hbond substituents is 1. The minimum atomic E-state index is -1.73. The highest BCUT2D eigenvalue weighted by Gasteiger charge is 2.33. The summed E-state index contributed by atoms with van der Waals surface area (Å²) < 4.78 is 0. The Hall–Kier alpha value is -6.24. The highest BCUT2D eigenvalue weighted by atomic mass is 16.4. The molecule has 0 aliphatic heterocycles. The predicted molar refractivity (Wildman–Crippen MR) is 211 cm³/mol. The fourth-order valence-corrected chi connectivity index (χ4v) is 5.75. The molecule has 14 N–H and O–H groups in total. The van der Waals surface area contributed by atoms with E-state index in [9.17, 15) is 53.7 Å². The van der Waals surface area contributed by atoms with Crippen molar-refractivity contribution in [2.75, 3.05) is 0 Å². The lowest BCUT2D eigenvalue weighted by atomic mass is 10.0. The van der Waals surface area contributed by atoms with Crippen molar-refractivity contribution < 1.29 is 53.7 Å². The van der Waals surface area contributed by atoms with E-state index in [-0.39, 0.29) is 43.1 Å². The minimum Gasteiger partial charge on any atom is -0.508 e. The van der Waals surface area contributed by atoms with Crippen LogP contribution in [-0.4, -0.2) is 98.9 Å². The highest BCUT2D eigenvalue weighted by Crippen LogP contribution is 2.16. The fraction of sp³-hybridized carbons (Fsp3) is 0.487. The maximum absolute atomic E-state index is 13.8. The number of hydrogen-bond acceptors (Lipinski definition) is 11. The summed E-state index contributed by atoms with van der Waals surface area (Å²) in [5, 5.41) is 41.4. The molecule has 0 radical (unpaired) electrons. The van der Waals surface area contributed by atoms with E-state index in [0.29, 0.717) is 30.4 Å². The Bertz CT molecular complexity index is 1740. The molecule has 318 valence electrons. The minimum absolute atomic E-state index is 0.0182. The molecule has 58 heavy (non-hydrogen) atoms. The number of hydrogen-bond donors (Lipinski definition) is 11. The van der Waals surface area contributed by atoms with Gasteiger partial charge >= 0.3 is 5.97 Å². The van der Waals surface area contributed by atoms with E-state index < -0.39 is 96.4 Å². The van der Waals surface area contributed by atoms with Crippen LogP contribution in [0, 0.1) is 5.92 Å². The summed E-state index contributed by atoms with van der Waals surface area (Å²) in [5.41, 5.74) is 17.8. The van der Waals surface area contributed by atoms with Crippen molar-refractivity contribution in [2.24, 2.45) is 23.1 Å². The van der Waals surface area contributed by atoms with E-state index in [4.69, 9.17) is 17.2 Å². The first-order chi connectivity index (χ1) is 27.3. The molecule has 19 heteroatoms. The maximum Gasteiger partial charge on any atom is 0.330 e. The molecule has 0 fully saturated rings. The number of rotatable bonds is 24. The van der Waals surface area contributed by atoms with Gasteiger partial charge in [-0.05, 0) is 73.1 Å². The second kappa shape index (κ2) is 23.7. The monoisotopic (exact) mass is 812 g/mol. The number of carbonyl (C=O) groups excluding carboxylic acids is 7. The van der Waals surface area contributed by atoms with Crippen molar-refractivity contribution in [3.05, 3.63) is 65.5 Å². The molecule has 1 aliphatic rings. The first-order valence-electron chi connectivity index (χ1n) is 18.9. The lowest BCUT2D eigenvalue weighted by molar-refractivity contribution is -0.141. The van der Waals surface area contributed by atoms with Crippen molar-refractivity contribution in [3.8, 4) is 5.75 Å². The second-order valence-electron chi connectivity index (χ2n) is 14.4. The van der Waals surface area contributed by atoms with Gasteiger partial charge in [-0.3, -0.25) is 33.6 Å². The summed E-state index contributed by atoms with van der Waals surface area (Å²) in [7, 11) is 0. The van der Waals surface area contributed by atoms with Crippen LogP contribution in [0.1, 0.15) is 77.7 Å². The normalized spacial score (nSPS) is 16.1. The molecule has 1 aromatic rings. The van der Waals surface area contributed by atoms with Crippen molar-refractivity contribution in [3.63, 3.8) is 0 Å². The number of aliphatic hydroxyl groups excluding tert-OH is 1. The van der Waals surface area contributed by atoms with Gasteiger partial charge in [0.15, 0.2) is 0 Å². The Balaban J connectivity index is 2.35. The Morgan fingerprint density at radius 2 is 1.29 bits per heavy atom. The van der Waals surface area contributed by atoms with Crippen LogP contribution < -0.4 is 43.8 Å². The molecular formula is C39H56N8O11. The van der Waals surface area contributed by atoms with Gasteiger partial charge in [-0.1, -0.05) is 51.8 Å². The van der Waals surface area contributed by atoms with Gasteiger partial charge in [-0.15, -0.1) is 0 Å². The summed E-state index contributed by atoms with van der Waals surface area (Å²) in [6.45, 7) is 5.60. The third-order valence-corrected chi connectivity index (χ3v) is 8.86. The van der Waals surface area contributed by atoms with Crippen LogP contribution in [0.2, 0.25) is 0 Å². The lowest BCUT2D eigenvalue weighted by Crippen LogP contribution is -2.59. The zero-order valence-corrected chi connectivity index (χ0v) is 32.9. The number of aromatic hydroxyl groups is 1. The molecule has 0 heterocycles. The van der Waals surface area contributed by atoms with Gasteiger partial charge in [-0.25, -0.2) is 4.79 Å². The molecule has 1 aromatic carbocycles. The van der Waals surface area contributed by atoms with Crippen LogP contribution >= 0.6 is 0 Å². The average molecular weight is 813 g/mol. The van der Waals surface area contributed by atoms with Gasteiger partial charge in [0.25, 0.3) is 0 Å². The molecule has 0 spiro atoms. The Morgan fingerprint density at radius 1 is 0.741 bits per heavy atom. The molecule has 0 saturated heterocycles. The number of amides is 7. The van der Waals surface area contributed by atoms with Crippen LogP contribution in [-0.2, 0) is 44.8 Å². The molecule has 0 bridgehead atoms. The number of carbonyl (C=O) groups is 8. The third kappa shape index (κ3) is 17.3. The molecule has 0 saturated carbocycles. The number of phenols is 1. The van der Waals surface area contributed by atoms with E-state index >= 15 is 0 Å². The number of allylic oxidation sites excluding steroid dienone is 4. The molecule has 0 aromatic heterocycles. The van der Waals surface area contributed by atoms with Crippen molar-refractivity contribution in [1.82, 2.24) is 26.6 Å². The summed E-state index contributed by atoms with van der Waals surface area (Å²) in [6.07, 6.45) is 5.35. The predicted octanol–water partition coefficient (Wildman–Crippen LogP) is -0.524. The number of benzene rings is 1. The Labute approximate surface area is 336 Å². The highest BCUT2D eigenvalue weighted by molar-refractivity contribution is 5.98. The van der Waals surface area contributed by atoms with Crippen LogP contribution in [0.3, 0.4) is 0 Å². The second-order valence-corrected chi connectivity index (χ2v) is 14.4. The summed E-state index contributed by atoms with van der Waals surface area (Å²) in [4.78, 5) is 103. The van der Waals surface area contributed by atoms with Crippen molar-refractivity contribution in [1.29, 1.82) is 0 Å². The largest absolute Gasteiger partial charge is 0.508 e. The van der Waals surface area contributed by atoms with E-state index in [1.807, 2.05) is 20.8 Å². The van der Waals surface area contributed by atoms with E-state index in [1.54, 1.807) is 12.1 Å². The molecule has 19 nitrogen and oxygen atoms in total. The van der Waals surface area contributed by atoms with Gasteiger partial charge in [0.1, 0.15) is 41.7 Å². The van der Waals surface area contributed by atoms with Crippen molar-refractivity contribution >= 4 is 47.3 Å². The van der Waals surface area contributed by atoms with E-state index in [1.165, 1.54) is 36.4 Å². The maximum atomic E-state index is 13.8. The molecule has 7 amide bonds. The third-order valence-electron chi connectivity index (χ3n) is 8.86. The van der Waals surface area contributed by atoms with Crippen LogP contribution in [0.15, 0.2) is 59.9 Å². The number of carboxylic acids is 1. The van der Waals surface area contributed by atoms with Gasteiger partial charge in [0, 0.05) is 12.8 Å². The van der Waals surface area contributed by atoms with Gasteiger partial charge < -0.3 is 59.1 Å². The first kappa shape index (κ1) is 47.9. The smallest absolute Gasteiger partial charge is 0.330 e. The zero-order valence-electron chi connectivity index (χ0n) is 32.9. The summed E-state index contributed by atoms with van der Waals surface area (Å²) in [5.74, 6) is -7.74. The number of aliphatic hydroxyl groups is 1. The standard InChI is InChI=1S/C39H56N8O11/c1-4-5-6-27(43-37(55)29(18-22-7-11-24(48)12-8-22)45-34(52)26(40)17-21(2)3)35(53)44-28(15-16-32(41)50)36(54)46-30(20-33(42)51)38(56)47-31(39(57)58)19-23-9-13-25(49)14-10-23/h7-9,11-14,19,21,26-31,48-49H,4-6,10,15-18,20,40H2,1-3H3,(H2,41,50)(H2,42,51)(H,43,55)(H,44,53)(H,45,52)(H,46,54)(H,47,56)(H,57,58)/b23-19-/t26-,27-,28-,29-,30-,31-/m0/s1. The van der Waals surface area contributed by atoms with E-state index in [0.717, 1.165) is 0 Å². The summed E-state index contributed by atoms with van der Waals surface area (Å²) in [6, 6.07) is -2.43. The SMILES string of the molecule is CCCC[C@H](NC(=O)[C@H](Cc1ccc(O)cc1)NC(=O)[C@@H](N)CC(C)C)C(=O)N[C@@H](CCC(N)=O)C(=O)N[C@@H](CC(N)=O)C(=O)N[C@@H](/C=C1/C=CC(O)=CC1)C(=O)O. The van der Waals surface area contributed by atoms with Gasteiger partial charge in [-0.2, -0.15) is 0 Å². The molecule has 0 unspecified atom stereocenters. The van der Waals surface area contributed by atoms with Crippen molar-refractivity contribution in [2.45, 2.75) is 115 Å². The van der Waals surface area contributed by atoms with Crippen LogP contribution in [0.25, 0.3) is 0 Å². The molecule has 1 aliphatic carbocycles. The van der Waals surface area contributed by atoms with Crippen LogP contribution in [0.4, 0.5) is 0 Å². The Kier molecular flexibility index (Phi) is 19.6. The zero-order chi connectivity index (χ0) is 43.5. The number of unbranched alkanes of at least 4 members (excludes halogenated alkanes) is 1. The fourth-order valence-electron chi connectivity index (χ4n) is 5.75. The van der Waals surface area contributed by atoms with E-state index in [2.05, 4.69) is 26.6 Å². The molecular weight excluding hydrogens is 756 g/mol. The molecule has 6 atom stereocenters. The molecule has 2 rings (SSSR count). The van der Waals surface area contributed by atoms with Crippen LogP contribution in [0.5, 0.6) is 5.75 Å². The Morgan fingerprint density at radius 3 is 1.81 bits per heavy atom.